The van der Waals surface area contributed by atoms with Gasteiger partial charge in [-0.05, 0) is 6.92 Å². The Hall–Kier alpha value is -2.81. The largest absolute Gasteiger partial charge is 0.378 e. The number of fused-ring (bicyclic) bond motifs is 1. The van der Waals surface area contributed by atoms with Crippen LogP contribution < -0.4 is 10.6 Å². The third kappa shape index (κ3) is 3.18. The third-order valence-electron chi connectivity index (χ3n) is 4.68. The van der Waals surface area contributed by atoms with E-state index in [9.17, 15) is 0 Å². The Morgan fingerprint density at radius 3 is 2.44 bits per heavy atom. The van der Waals surface area contributed by atoms with Gasteiger partial charge >= 0.3 is 0 Å². The molecule has 0 radical (unpaired) electrons. The molecule has 1 fully saturated rings. The van der Waals surface area contributed by atoms with Crippen LogP contribution in [0.3, 0.4) is 0 Å². The Bertz CT molecular complexity index is 944. The van der Waals surface area contributed by atoms with E-state index in [1.165, 1.54) is 0 Å². The Morgan fingerprint density at radius 1 is 1.11 bits per heavy atom. The van der Waals surface area contributed by atoms with Crippen molar-refractivity contribution in [2.75, 3.05) is 36.9 Å². The summed E-state index contributed by atoms with van der Waals surface area (Å²) in [6, 6.07) is 0. The zero-order valence-electron chi connectivity index (χ0n) is 15.9. The van der Waals surface area contributed by atoms with E-state index in [4.69, 9.17) is 25.4 Å². The van der Waals surface area contributed by atoms with Gasteiger partial charge in [0.15, 0.2) is 22.8 Å². The minimum Gasteiger partial charge on any atom is -0.378 e. The first-order valence-electron chi connectivity index (χ1n) is 9.27. The van der Waals surface area contributed by atoms with Crippen molar-refractivity contribution in [3.63, 3.8) is 0 Å². The van der Waals surface area contributed by atoms with E-state index in [1.807, 2.05) is 0 Å². The van der Waals surface area contributed by atoms with Crippen molar-refractivity contribution in [2.24, 2.45) is 0 Å². The number of hydrogen-bond donors (Lipinski definition) is 1. The molecule has 27 heavy (non-hydrogen) atoms. The smallest absolute Gasteiger partial charge is 0.219 e. The molecule has 4 heterocycles. The first kappa shape index (κ1) is 17.6. The van der Waals surface area contributed by atoms with Crippen LogP contribution in [0.4, 0.5) is 11.8 Å². The summed E-state index contributed by atoms with van der Waals surface area (Å²) >= 11 is 0. The molecule has 1 aliphatic heterocycles. The predicted octanol–water partition coefficient (Wildman–Crippen LogP) is 1.85. The fourth-order valence-corrected chi connectivity index (χ4v) is 3.33. The summed E-state index contributed by atoms with van der Waals surface area (Å²) in [5, 5.41) is 0. The van der Waals surface area contributed by atoms with Crippen LogP contribution in [0, 0.1) is 0 Å². The molecule has 9 heteroatoms. The van der Waals surface area contributed by atoms with Gasteiger partial charge < -0.3 is 19.9 Å². The molecule has 0 saturated carbocycles. The molecule has 142 valence electrons. The highest BCUT2D eigenvalue weighted by atomic mass is 16.5. The van der Waals surface area contributed by atoms with E-state index in [0.717, 1.165) is 48.0 Å². The van der Waals surface area contributed by atoms with Crippen LogP contribution in [0.2, 0.25) is 0 Å². The molecule has 0 aromatic carbocycles. The quantitative estimate of drug-likeness (QED) is 0.743. The zero-order valence-corrected chi connectivity index (χ0v) is 15.9. The van der Waals surface area contributed by atoms with E-state index in [0.29, 0.717) is 25.0 Å². The van der Waals surface area contributed by atoms with Gasteiger partial charge in [0.25, 0.3) is 0 Å². The monoisotopic (exact) mass is 368 g/mol. The van der Waals surface area contributed by atoms with Crippen LogP contribution in [0.15, 0.2) is 12.4 Å². The van der Waals surface area contributed by atoms with Crippen molar-refractivity contribution in [3.8, 4) is 11.4 Å². The molecule has 3 aromatic heterocycles. The van der Waals surface area contributed by atoms with Gasteiger partial charge in [-0.3, -0.25) is 0 Å². The molecule has 0 spiro atoms. The third-order valence-corrected chi connectivity index (χ3v) is 4.68. The molecule has 1 saturated heterocycles. The lowest BCUT2D eigenvalue weighted by Gasteiger charge is -2.28. The lowest BCUT2D eigenvalue weighted by Crippen LogP contribution is -2.37. The number of aryl methyl sites for hydroxylation is 1. The standard InChI is InChI=1S/C18H24N8O/c1-4-26-15(11(2)3)22-13-16(25-5-7-27-8-6-25)23-14(24-17(13)26)12-9-20-18(19)21-10-12/h9-11H,4-8H2,1-3H3,(H2,19,20,21). The predicted molar refractivity (Wildman–Crippen MR) is 104 cm³/mol. The highest BCUT2D eigenvalue weighted by molar-refractivity contribution is 5.86. The number of ether oxygens (including phenoxy) is 1. The summed E-state index contributed by atoms with van der Waals surface area (Å²) < 4.78 is 7.67. The summed E-state index contributed by atoms with van der Waals surface area (Å²) in [5.41, 5.74) is 8.03. The van der Waals surface area contributed by atoms with Gasteiger partial charge in [0.2, 0.25) is 5.95 Å². The maximum atomic E-state index is 5.63. The van der Waals surface area contributed by atoms with Gasteiger partial charge in [-0.1, -0.05) is 13.8 Å². The summed E-state index contributed by atoms with van der Waals surface area (Å²) in [5.74, 6) is 2.95. The number of nitrogens with two attached hydrogens (primary N) is 1. The van der Waals surface area contributed by atoms with Crippen LogP contribution in [0.5, 0.6) is 0 Å². The normalized spacial score (nSPS) is 15.0. The molecule has 1 aliphatic rings. The SMILES string of the molecule is CCn1c(C(C)C)nc2c(N3CCOCC3)nc(-c3cnc(N)nc3)nc21. The summed E-state index contributed by atoms with van der Waals surface area (Å²) in [4.78, 5) is 24.9. The van der Waals surface area contributed by atoms with Gasteiger partial charge in [-0.25, -0.2) is 24.9 Å². The van der Waals surface area contributed by atoms with Crippen molar-refractivity contribution in [2.45, 2.75) is 33.2 Å². The maximum absolute atomic E-state index is 5.63. The van der Waals surface area contributed by atoms with Gasteiger partial charge in [0, 0.05) is 37.9 Å². The molecule has 4 rings (SSSR count). The number of rotatable bonds is 4. The topological polar surface area (TPSA) is 108 Å². The number of nitrogens with zero attached hydrogens (tertiary/aromatic N) is 7. The van der Waals surface area contributed by atoms with Crippen molar-refractivity contribution < 1.29 is 4.74 Å². The van der Waals surface area contributed by atoms with E-state index in [1.54, 1.807) is 12.4 Å². The van der Waals surface area contributed by atoms with Crippen LogP contribution in [-0.4, -0.2) is 55.8 Å². The fraction of sp³-hybridized carbons (Fsp3) is 0.500. The van der Waals surface area contributed by atoms with Crippen LogP contribution in [-0.2, 0) is 11.3 Å². The highest BCUT2D eigenvalue weighted by Crippen LogP contribution is 2.30. The Balaban J connectivity index is 1.95. The minimum absolute atomic E-state index is 0.230. The minimum atomic E-state index is 0.230. The van der Waals surface area contributed by atoms with Crippen molar-refractivity contribution in [3.05, 3.63) is 18.2 Å². The molecule has 2 N–H and O–H groups in total. The van der Waals surface area contributed by atoms with Gasteiger partial charge in [0.05, 0.1) is 18.8 Å². The molecule has 3 aromatic rings. The number of morpholine rings is 1. The summed E-state index contributed by atoms with van der Waals surface area (Å²) in [6.07, 6.45) is 3.31. The maximum Gasteiger partial charge on any atom is 0.219 e. The lowest BCUT2D eigenvalue weighted by molar-refractivity contribution is 0.122. The van der Waals surface area contributed by atoms with E-state index < -0.39 is 0 Å². The second-order valence-electron chi connectivity index (χ2n) is 6.84. The van der Waals surface area contributed by atoms with E-state index in [-0.39, 0.29) is 5.95 Å². The lowest BCUT2D eigenvalue weighted by atomic mass is 10.2. The Kier molecular flexibility index (Phi) is 4.61. The number of imidazole rings is 1. The average molecular weight is 368 g/mol. The number of anilines is 2. The average Bonchev–Trinajstić information content (AvgIpc) is 3.07. The van der Waals surface area contributed by atoms with Gasteiger partial charge in [0.1, 0.15) is 5.82 Å². The molecule has 0 atom stereocenters. The van der Waals surface area contributed by atoms with E-state index >= 15 is 0 Å². The first-order valence-corrected chi connectivity index (χ1v) is 9.27. The highest BCUT2D eigenvalue weighted by Gasteiger charge is 2.24. The second-order valence-corrected chi connectivity index (χ2v) is 6.84. The van der Waals surface area contributed by atoms with Crippen LogP contribution in [0.25, 0.3) is 22.6 Å². The Labute approximate surface area is 157 Å². The second kappa shape index (κ2) is 7.07. The zero-order chi connectivity index (χ0) is 19.0. The fourth-order valence-electron chi connectivity index (χ4n) is 3.33. The van der Waals surface area contributed by atoms with Crippen LogP contribution in [0.1, 0.15) is 32.5 Å². The number of hydrogen-bond acceptors (Lipinski definition) is 8. The summed E-state index contributed by atoms with van der Waals surface area (Å²) in [7, 11) is 0. The molecule has 9 nitrogen and oxygen atoms in total. The molecular weight excluding hydrogens is 344 g/mol. The van der Waals surface area contributed by atoms with E-state index in [2.05, 4.69) is 40.2 Å². The number of nitrogen functional groups attached to an aromatic ring is 1. The molecule has 0 unspecified atom stereocenters. The van der Waals surface area contributed by atoms with Crippen molar-refractivity contribution in [1.82, 2.24) is 29.5 Å². The molecular formula is C18H24N8O. The van der Waals surface area contributed by atoms with Gasteiger partial charge in [-0.15, -0.1) is 0 Å². The molecule has 0 aliphatic carbocycles. The number of aromatic nitrogens is 6. The van der Waals surface area contributed by atoms with Gasteiger partial charge in [-0.2, -0.15) is 0 Å². The van der Waals surface area contributed by atoms with Crippen LogP contribution >= 0.6 is 0 Å². The molecule has 0 amide bonds. The summed E-state index contributed by atoms with van der Waals surface area (Å²) in [6.45, 7) is 10.1. The first-order chi connectivity index (χ1) is 13.1. The van der Waals surface area contributed by atoms with Crippen molar-refractivity contribution >= 4 is 22.9 Å². The van der Waals surface area contributed by atoms with Crippen molar-refractivity contribution in [1.29, 1.82) is 0 Å². The molecule has 0 bridgehead atoms. The Morgan fingerprint density at radius 2 is 1.81 bits per heavy atom.